The lowest BCUT2D eigenvalue weighted by Gasteiger charge is -2.42. The molecule has 0 saturated carbocycles. The molecule has 2 N–H and O–H groups in total. The average molecular weight is 352 g/mol. The molecule has 130 valence electrons. The predicted molar refractivity (Wildman–Crippen MR) is 87.0 cm³/mol. The Morgan fingerprint density at radius 1 is 1.29 bits per heavy atom. The molecule has 24 heavy (non-hydrogen) atoms. The molecule has 0 radical (unpaired) electrons. The molecule has 2 aliphatic heterocycles. The summed E-state index contributed by atoms with van der Waals surface area (Å²) in [7, 11) is -2.26. The zero-order valence-electron chi connectivity index (χ0n) is 13.4. The van der Waals surface area contributed by atoms with Crippen LogP contribution >= 0.6 is 0 Å². The van der Waals surface area contributed by atoms with E-state index < -0.39 is 16.1 Å². The highest BCUT2D eigenvalue weighted by atomic mass is 32.2. The number of amides is 2. The molecule has 2 heterocycles. The van der Waals surface area contributed by atoms with Gasteiger partial charge in [-0.05, 0) is 18.2 Å². The van der Waals surface area contributed by atoms with Crippen molar-refractivity contribution in [1.82, 2.24) is 19.8 Å². The number of fused-ring (bicyclic) bond motifs is 1. The summed E-state index contributed by atoms with van der Waals surface area (Å²) in [5.74, 6) is -0.483. The first-order chi connectivity index (χ1) is 11.4. The van der Waals surface area contributed by atoms with Crippen LogP contribution in [0.5, 0.6) is 0 Å². The van der Waals surface area contributed by atoms with E-state index in [1.165, 1.54) is 23.5 Å². The van der Waals surface area contributed by atoms with Gasteiger partial charge in [-0.3, -0.25) is 14.5 Å². The molecule has 2 amide bonds. The van der Waals surface area contributed by atoms with Crippen molar-refractivity contribution in [1.29, 1.82) is 0 Å². The van der Waals surface area contributed by atoms with E-state index in [2.05, 4.69) is 10.6 Å². The van der Waals surface area contributed by atoms with Gasteiger partial charge in [0.25, 0.3) is 5.91 Å². The van der Waals surface area contributed by atoms with Gasteiger partial charge in [0.05, 0.1) is 4.90 Å². The molecule has 1 aromatic rings. The number of nitrogens with zero attached hydrogens (tertiary/aromatic N) is 2. The maximum absolute atomic E-state index is 12.9. The molecule has 0 aliphatic carbocycles. The van der Waals surface area contributed by atoms with Crippen molar-refractivity contribution >= 4 is 21.8 Å². The van der Waals surface area contributed by atoms with Crippen LogP contribution in [0.2, 0.25) is 0 Å². The highest BCUT2D eigenvalue weighted by Gasteiger charge is 2.39. The van der Waals surface area contributed by atoms with Crippen LogP contribution < -0.4 is 10.6 Å². The second-order valence-electron chi connectivity index (χ2n) is 5.81. The number of piperazine rings is 2. The first-order valence-electron chi connectivity index (χ1n) is 7.77. The van der Waals surface area contributed by atoms with E-state index >= 15 is 0 Å². The monoisotopic (exact) mass is 352 g/mol. The summed E-state index contributed by atoms with van der Waals surface area (Å²) < 4.78 is 27.1. The Morgan fingerprint density at radius 3 is 2.83 bits per heavy atom. The summed E-state index contributed by atoms with van der Waals surface area (Å²) in [5.41, 5.74) is 0.285. The van der Waals surface area contributed by atoms with Crippen LogP contribution in [-0.2, 0) is 14.8 Å². The van der Waals surface area contributed by atoms with Crippen LogP contribution in [0.3, 0.4) is 0 Å². The Hall–Kier alpha value is -1.97. The number of nitrogens with one attached hydrogen (secondary N) is 2. The summed E-state index contributed by atoms with van der Waals surface area (Å²) in [6.07, 6.45) is 0. The quantitative estimate of drug-likeness (QED) is 0.716. The largest absolute Gasteiger partial charge is 0.355 e. The van der Waals surface area contributed by atoms with Gasteiger partial charge < -0.3 is 10.6 Å². The molecule has 1 aromatic carbocycles. The van der Waals surface area contributed by atoms with Crippen molar-refractivity contribution in [3.8, 4) is 0 Å². The molecule has 1 atom stereocenters. The highest BCUT2D eigenvalue weighted by Crippen LogP contribution is 2.22. The molecule has 2 fully saturated rings. The van der Waals surface area contributed by atoms with Crippen LogP contribution in [0.25, 0.3) is 0 Å². The van der Waals surface area contributed by atoms with Gasteiger partial charge in [-0.2, -0.15) is 4.31 Å². The normalized spacial score (nSPS) is 22.5. The summed E-state index contributed by atoms with van der Waals surface area (Å²) in [6, 6.07) is 5.48. The summed E-state index contributed by atoms with van der Waals surface area (Å²) in [6.45, 7) is 2.30. The zero-order chi connectivity index (χ0) is 17.3. The maximum atomic E-state index is 12.9. The van der Waals surface area contributed by atoms with Gasteiger partial charge in [0, 0.05) is 45.3 Å². The Balaban J connectivity index is 1.85. The number of carbonyl (C=O) groups excluding carboxylic acids is 2. The van der Waals surface area contributed by atoms with E-state index in [4.69, 9.17) is 0 Å². The molecule has 3 rings (SSSR count). The van der Waals surface area contributed by atoms with Gasteiger partial charge in [0.2, 0.25) is 15.9 Å². The van der Waals surface area contributed by atoms with E-state index in [9.17, 15) is 18.0 Å². The van der Waals surface area contributed by atoms with Gasteiger partial charge in [0.15, 0.2) is 0 Å². The van der Waals surface area contributed by atoms with Crippen molar-refractivity contribution in [3.05, 3.63) is 29.8 Å². The highest BCUT2D eigenvalue weighted by molar-refractivity contribution is 7.89. The van der Waals surface area contributed by atoms with Crippen LogP contribution in [0.1, 0.15) is 10.4 Å². The molecule has 8 nitrogen and oxygen atoms in total. The Labute approximate surface area is 140 Å². The average Bonchev–Trinajstić information content (AvgIpc) is 2.61. The lowest BCUT2D eigenvalue weighted by Crippen LogP contribution is -2.64. The topological polar surface area (TPSA) is 98.8 Å². The molecule has 0 unspecified atom stereocenters. The predicted octanol–water partition coefficient (Wildman–Crippen LogP) is -1.15. The van der Waals surface area contributed by atoms with Crippen molar-refractivity contribution in [2.75, 3.05) is 39.8 Å². The van der Waals surface area contributed by atoms with Crippen LogP contribution in [0.4, 0.5) is 0 Å². The minimum absolute atomic E-state index is 0.0632. The van der Waals surface area contributed by atoms with E-state index in [1.54, 1.807) is 12.1 Å². The van der Waals surface area contributed by atoms with Crippen molar-refractivity contribution in [2.24, 2.45) is 0 Å². The summed E-state index contributed by atoms with van der Waals surface area (Å²) in [5, 5.41) is 5.25. The van der Waals surface area contributed by atoms with E-state index in [0.29, 0.717) is 19.6 Å². The van der Waals surface area contributed by atoms with E-state index in [0.717, 1.165) is 6.54 Å². The van der Waals surface area contributed by atoms with E-state index in [1.807, 2.05) is 4.90 Å². The maximum Gasteiger partial charge on any atom is 0.251 e. The zero-order valence-corrected chi connectivity index (χ0v) is 14.2. The van der Waals surface area contributed by atoms with Crippen molar-refractivity contribution in [2.45, 2.75) is 10.9 Å². The minimum Gasteiger partial charge on any atom is -0.355 e. The molecule has 0 aromatic heterocycles. The summed E-state index contributed by atoms with van der Waals surface area (Å²) >= 11 is 0. The van der Waals surface area contributed by atoms with Crippen LogP contribution in [0.15, 0.2) is 29.2 Å². The van der Waals surface area contributed by atoms with Gasteiger partial charge in [-0.25, -0.2) is 8.42 Å². The lowest BCUT2D eigenvalue weighted by atomic mass is 10.1. The number of carbonyl (C=O) groups is 2. The number of rotatable bonds is 3. The third-order valence-corrected chi connectivity index (χ3v) is 6.28. The SMILES string of the molecule is CNC(=O)c1cccc(S(=O)(=O)N2CCN3CCNC(=O)[C@H]3C2)c1. The molecule has 9 heteroatoms. The van der Waals surface area contributed by atoms with Crippen molar-refractivity contribution < 1.29 is 18.0 Å². The van der Waals surface area contributed by atoms with Gasteiger partial charge in [-0.15, -0.1) is 0 Å². The molecule has 0 bridgehead atoms. The van der Waals surface area contributed by atoms with Gasteiger partial charge >= 0.3 is 0 Å². The Kier molecular flexibility index (Phi) is 4.57. The molecule has 2 saturated heterocycles. The van der Waals surface area contributed by atoms with Crippen molar-refractivity contribution in [3.63, 3.8) is 0 Å². The fraction of sp³-hybridized carbons (Fsp3) is 0.467. The summed E-state index contributed by atoms with van der Waals surface area (Å²) in [4.78, 5) is 25.8. The van der Waals surface area contributed by atoms with E-state index in [-0.39, 0.29) is 28.8 Å². The Bertz CT molecular complexity index is 764. The number of hydrogen-bond acceptors (Lipinski definition) is 5. The molecule has 2 aliphatic rings. The first-order valence-corrected chi connectivity index (χ1v) is 9.21. The third kappa shape index (κ3) is 3.02. The van der Waals surface area contributed by atoms with Crippen LogP contribution in [-0.4, -0.2) is 75.3 Å². The minimum atomic E-state index is -3.75. The standard InChI is InChI=1S/C15H20N4O4S/c1-16-14(20)11-3-2-4-12(9-11)24(22,23)19-8-7-18-6-5-17-15(21)13(18)10-19/h2-4,9,13H,5-8,10H2,1H3,(H,16,20)(H,17,21)/t13-/m1/s1. The van der Waals surface area contributed by atoms with Gasteiger partial charge in [0.1, 0.15) is 6.04 Å². The number of hydrogen-bond donors (Lipinski definition) is 2. The fourth-order valence-corrected chi connectivity index (χ4v) is 4.55. The molecular weight excluding hydrogens is 332 g/mol. The second kappa shape index (κ2) is 6.50. The van der Waals surface area contributed by atoms with Gasteiger partial charge in [-0.1, -0.05) is 6.07 Å². The molecule has 0 spiro atoms. The smallest absolute Gasteiger partial charge is 0.251 e. The molecular formula is C15H20N4O4S. The third-order valence-electron chi connectivity index (χ3n) is 4.42. The number of sulfonamides is 1. The fourth-order valence-electron chi connectivity index (χ4n) is 3.06. The lowest BCUT2D eigenvalue weighted by molar-refractivity contribution is -0.130. The number of benzene rings is 1. The Morgan fingerprint density at radius 2 is 2.08 bits per heavy atom. The second-order valence-corrected chi connectivity index (χ2v) is 7.75. The van der Waals surface area contributed by atoms with Crippen LogP contribution in [0, 0.1) is 0 Å². The first kappa shape index (κ1) is 16.9.